The molecule has 1 heteroatoms. The summed E-state index contributed by atoms with van der Waals surface area (Å²) in [6.45, 7) is 2.68. The molecule has 21 heavy (non-hydrogen) atoms. The maximum absolute atomic E-state index is 8.57. The van der Waals surface area contributed by atoms with Gasteiger partial charge in [-0.25, -0.2) is 0 Å². The molecule has 0 bridgehead atoms. The Balaban J connectivity index is 0.000000262. The summed E-state index contributed by atoms with van der Waals surface area (Å²) >= 11 is 0. The third-order valence-corrected chi connectivity index (χ3v) is 4.39. The highest BCUT2D eigenvalue weighted by molar-refractivity contribution is 5.14. The fourth-order valence-corrected chi connectivity index (χ4v) is 2.95. The first-order valence-corrected chi connectivity index (χ1v) is 9.01. The predicted molar refractivity (Wildman–Crippen MR) is 92.6 cm³/mol. The molecular formula is C20H34O. The molecule has 0 amide bonds. The molecule has 0 atom stereocenters. The van der Waals surface area contributed by atoms with Crippen LogP contribution in [0.25, 0.3) is 0 Å². The van der Waals surface area contributed by atoms with Gasteiger partial charge in [0.2, 0.25) is 0 Å². The summed E-state index contributed by atoms with van der Waals surface area (Å²) in [6, 6.07) is 10.8. The van der Waals surface area contributed by atoms with E-state index in [0.717, 1.165) is 0 Å². The Bertz CT molecular complexity index is 314. The number of aliphatic hydroxyl groups excluding tert-OH is 1. The maximum Gasteiger partial charge on any atom is 0.0459 e. The van der Waals surface area contributed by atoms with E-state index in [-0.39, 0.29) is 0 Å². The van der Waals surface area contributed by atoms with Crippen molar-refractivity contribution in [1.29, 1.82) is 0 Å². The zero-order valence-electron chi connectivity index (χ0n) is 13.9. The van der Waals surface area contributed by atoms with Crippen LogP contribution < -0.4 is 0 Å². The third-order valence-electron chi connectivity index (χ3n) is 4.39. The fraction of sp³-hybridized carbons (Fsp3) is 0.700. The molecule has 0 aromatic heterocycles. The van der Waals surface area contributed by atoms with E-state index >= 15 is 0 Å². The first-order chi connectivity index (χ1) is 10.4. The van der Waals surface area contributed by atoms with Gasteiger partial charge in [0.05, 0.1) is 0 Å². The van der Waals surface area contributed by atoms with Gasteiger partial charge in [0.1, 0.15) is 0 Å². The molecule has 0 spiro atoms. The van der Waals surface area contributed by atoms with Crippen LogP contribution in [-0.4, -0.2) is 11.7 Å². The maximum atomic E-state index is 8.57. The Kier molecular flexibility index (Phi) is 11.2. The first-order valence-electron chi connectivity index (χ1n) is 9.01. The van der Waals surface area contributed by atoms with E-state index in [1.807, 2.05) is 0 Å². The quantitative estimate of drug-likeness (QED) is 0.604. The van der Waals surface area contributed by atoms with Gasteiger partial charge in [-0.2, -0.15) is 0 Å². The van der Waals surface area contributed by atoms with Crippen LogP contribution in [0.15, 0.2) is 30.3 Å². The second-order valence-electron chi connectivity index (χ2n) is 6.34. The van der Waals surface area contributed by atoms with Gasteiger partial charge in [0.25, 0.3) is 0 Å². The number of rotatable bonds is 8. The summed E-state index contributed by atoms with van der Waals surface area (Å²) in [5.41, 5.74) is 1.49. The van der Waals surface area contributed by atoms with E-state index in [0.29, 0.717) is 12.5 Å². The molecule has 1 nitrogen and oxygen atoms in total. The van der Waals surface area contributed by atoms with Gasteiger partial charge in [0, 0.05) is 6.61 Å². The Morgan fingerprint density at radius 3 is 2.10 bits per heavy atom. The minimum absolute atomic E-state index is 0.417. The molecule has 1 aromatic carbocycles. The van der Waals surface area contributed by atoms with Crippen molar-refractivity contribution in [3.8, 4) is 0 Å². The number of hydrogen-bond donors (Lipinski definition) is 1. The lowest BCUT2D eigenvalue weighted by atomic mass is 10.1. The van der Waals surface area contributed by atoms with Gasteiger partial charge in [-0.3, -0.25) is 0 Å². The number of hydrogen-bond acceptors (Lipinski definition) is 1. The van der Waals surface area contributed by atoms with Gasteiger partial charge >= 0.3 is 0 Å². The predicted octanol–water partition coefficient (Wildman–Crippen LogP) is 5.76. The zero-order chi connectivity index (χ0) is 15.2. The highest BCUT2D eigenvalue weighted by Crippen LogP contribution is 2.23. The van der Waals surface area contributed by atoms with E-state index < -0.39 is 0 Å². The van der Waals surface area contributed by atoms with Crippen molar-refractivity contribution in [3.05, 3.63) is 35.9 Å². The molecule has 120 valence electrons. The number of unbranched alkanes of at least 4 members (excludes halogenated alkanes) is 5. The molecule has 1 N–H and O–H groups in total. The molecule has 2 rings (SSSR count). The van der Waals surface area contributed by atoms with Crippen LogP contribution in [0.1, 0.15) is 76.7 Å². The Labute approximate surface area is 131 Å². The van der Waals surface area contributed by atoms with Crippen molar-refractivity contribution >= 4 is 0 Å². The standard InChI is InChI=1S/C14H22.C6H12O/c1-2-3-4-5-6-8-11-14-12-9-7-10-13-14;7-5-6-3-1-2-4-6/h7,9-10,12-13H,2-6,8,11H2,1H3;6-7H,1-5H2. The van der Waals surface area contributed by atoms with Crippen LogP contribution in [0, 0.1) is 5.92 Å². The highest BCUT2D eigenvalue weighted by atomic mass is 16.3. The summed E-state index contributed by atoms with van der Waals surface area (Å²) in [6.07, 6.45) is 14.8. The molecule has 1 fully saturated rings. The van der Waals surface area contributed by atoms with Crippen LogP contribution >= 0.6 is 0 Å². The van der Waals surface area contributed by atoms with Gasteiger partial charge in [0.15, 0.2) is 0 Å². The lowest BCUT2D eigenvalue weighted by Crippen LogP contribution is -1.97. The van der Waals surface area contributed by atoms with Crippen LogP contribution in [0.2, 0.25) is 0 Å². The van der Waals surface area contributed by atoms with E-state index in [2.05, 4.69) is 37.3 Å². The van der Waals surface area contributed by atoms with Crippen molar-refractivity contribution in [2.75, 3.05) is 6.61 Å². The Morgan fingerprint density at radius 2 is 1.52 bits per heavy atom. The lowest BCUT2D eigenvalue weighted by molar-refractivity contribution is 0.230. The van der Waals surface area contributed by atoms with Crippen molar-refractivity contribution in [2.45, 2.75) is 77.6 Å². The minimum Gasteiger partial charge on any atom is -0.396 e. The SMILES string of the molecule is CCCCCCCCc1ccccc1.OCC1CCCC1. The highest BCUT2D eigenvalue weighted by Gasteiger charge is 2.12. The van der Waals surface area contributed by atoms with Crippen LogP contribution in [-0.2, 0) is 6.42 Å². The van der Waals surface area contributed by atoms with Gasteiger partial charge < -0.3 is 5.11 Å². The summed E-state index contributed by atoms with van der Waals surface area (Å²) in [5, 5.41) is 8.57. The average molecular weight is 290 g/mol. The minimum atomic E-state index is 0.417. The van der Waals surface area contributed by atoms with Crippen molar-refractivity contribution in [3.63, 3.8) is 0 Å². The summed E-state index contributed by atoms with van der Waals surface area (Å²) in [7, 11) is 0. The molecule has 1 aromatic rings. The van der Waals surface area contributed by atoms with Gasteiger partial charge in [-0.05, 0) is 37.2 Å². The zero-order valence-corrected chi connectivity index (χ0v) is 13.9. The summed E-state index contributed by atoms with van der Waals surface area (Å²) in [5.74, 6) is 0.653. The number of benzene rings is 1. The van der Waals surface area contributed by atoms with Gasteiger partial charge in [-0.1, -0.05) is 82.2 Å². The van der Waals surface area contributed by atoms with E-state index in [4.69, 9.17) is 5.11 Å². The molecule has 0 radical (unpaired) electrons. The third kappa shape index (κ3) is 9.68. The largest absolute Gasteiger partial charge is 0.396 e. The molecule has 0 saturated heterocycles. The fourth-order valence-electron chi connectivity index (χ4n) is 2.95. The first kappa shape index (κ1) is 18.2. The molecule has 1 aliphatic carbocycles. The average Bonchev–Trinajstić information content (AvgIpc) is 3.06. The second-order valence-corrected chi connectivity index (χ2v) is 6.34. The van der Waals surface area contributed by atoms with Crippen molar-refractivity contribution in [1.82, 2.24) is 0 Å². The molecule has 0 heterocycles. The van der Waals surface area contributed by atoms with E-state index in [1.54, 1.807) is 0 Å². The molecule has 1 saturated carbocycles. The molecule has 0 aliphatic heterocycles. The molecule has 0 unspecified atom stereocenters. The van der Waals surface area contributed by atoms with Crippen molar-refractivity contribution in [2.24, 2.45) is 5.92 Å². The normalized spacial score (nSPS) is 14.8. The molecular weight excluding hydrogens is 256 g/mol. The van der Waals surface area contributed by atoms with Gasteiger partial charge in [-0.15, -0.1) is 0 Å². The van der Waals surface area contributed by atoms with Crippen molar-refractivity contribution < 1.29 is 5.11 Å². The summed E-state index contributed by atoms with van der Waals surface area (Å²) < 4.78 is 0. The topological polar surface area (TPSA) is 20.2 Å². The molecule has 1 aliphatic rings. The number of aliphatic hydroxyl groups is 1. The monoisotopic (exact) mass is 290 g/mol. The lowest BCUT2D eigenvalue weighted by Gasteiger charge is -2.01. The second kappa shape index (κ2) is 12.9. The van der Waals surface area contributed by atoms with Crippen LogP contribution in [0.3, 0.4) is 0 Å². The Hall–Kier alpha value is -0.820. The van der Waals surface area contributed by atoms with E-state index in [1.165, 1.54) is 76.2 Å². The number of aryl methyl sites for hydroxylation is 1. The smallest absolute Gasteiger partial charge is 0.0459 e. The Morgan fingerprint density at radius 1 is 0.905 bits per heavy atom. The van der Waals surface area contributed by atoms with Crippen LogP contribution in [0.4, 0.5) is 0 Å². The van der Waals surface area contributed by atoms with Crippen LogP contribution in [0.5, 0.6) is 0 Å². The van der Waals surface area contributed by atoms with E-state index in [9.17, 15) is 0 Å². The summed E-state index contributed by atoms with van der Waals surface area (Å²) in [4.78, 5) is 0.